The molecule has 2 N–H and O–H groups in total. The lowest BCUT2D eigenvalue weighted by Gasteiger charge is -2.33. The van der Waals surface area contributed by atoms with Gasteiger partial charge >= 0.3 is 0 Å². The highest BCUT2D eigenvalue weighted by Crippen LogP contribution is 2.28. The Hall–Kier alpha value is -2.99. The van der Waals surface area contributed by atoms with E-state index < -0.39 is 10.5 Å². The summed E-state index contributed by atoms with van der Waals surface area (Å²) in [7, 11) is 0. The lowest BCUT2D eigenvalue weighted by atomic mass is 9.80. The number of nitro groups is 1. The molecule has 2 aromatic rings. The van der Waals surface area contributed by atoms with Crippen LogP contribution in [-0.4, -0.2) is 28.1 Å². The average molecular weight is 352 g/mol. The number of fused-ring (bicyclic) bond motifs is 1. The predicted octanol–water partition coefficient (Wildman–Crippen LogP) is 2.64. The molecule has 1 amide bonds. The summed E-state index contributed by atoms with van der Waals surface area (Å²) < 4.78 is 0. The molecule has 0 bridgehead atoms. The SMILES string of the molecule is O=C(C=Cc1ccc([N+](=O)[O-])cc1)NCC1(O)CCc2ccccc2C1. The summed E-state index contributed by atoms with van der Waals surface area (Å²) in [6.45, 7) is 0.185. The van der Waals surface area contributed by atoms with Crippen molar-refractivity contribution in [2.45, 2.75) is 24.9 Å². The van der Waals surface area contributed by atoms with E-state index >= 15 is 0 Å². The Morgan fingerprint density at radius 1 is 1.19 bits per heavy atom. The number of benzene rings is 2. The summed E-state index contributed by atoms with van der Waals surface area (Å²) in [6.07, 6.45) is 4.87. The van der Waals surface area contributed by atoms with Gasteiger partial charge in [0.2, 0.25) is 5.91 Å². The van der Waals surface area contributed by atoms with Gasteiger partial charge in [0, 0.05) is 31.2 Å². The molecule has 1 atom stereocenters. The van der Waals surface area contributed by atoms with Gasteiger partial charge in [0.25, 0.3) is 5.69 Å². The summed E-state index contributed by atoms with van der Waals surface area (Å²) in [5.74, 6) is -0.310. The number of nitrogens with one attached hydrogen (secondary N) is 1. The Balaban J connectivity index is 1.54. The minimum atomic E-state index is -0.939. The molecule has 1 unspecified atom stereocenters. The fourth-order valence-electron chi connectivity index (χ4n) is 3.12. The van der Waals surface area contributed by atoms with Crippen LogP contribution in [-0.2, 0) is 17.6 Å². The van der Waals surface area contributed by atoms with Crippen molar-refractivity contribution in [2.24, 2.45) is 0 Å². The van der Waals surface area contributed by atoms with Crippen molar-refractivity contribution in [1.29, 1.82) is 0 Å². The summed E-state index contributed by atoms with van der Waals surface area (Å²) in [4.78, 5) is 22.2. The number of amides is 1. The number of nitrogens with zero attached hydrogens (tertiary/aromatic N) is 1. The van der Waals surface area contributed by atoms with Crippen molar-refractivity contribution in [3.8, 4) is 0 Å². The van der Waals surface area contributed by atoms with E-state index in [1.807, 2.05) is 18.2 Å². The lowest BCUT2D eigenvalue weighted by molar-refractivity contribution is -0.384. The summed E-state index contributed by atoms with van der Waals surface area (Å²) >= 11 is 0. The number of carbonyl (C=O) groups is 1. The fraction of sp³-hybridized carbons (Fsp3) is 0.250. The number of aliphatic hydroxyl groups is 1. The summed E-state index contributed by atoms with van der Waals surface area (Å²) in [6, 6.07) is 14.0. The molecular weight excluding hydrogens is 332 g/mol. The van der Waals surface area contributed by atoms with Crippen LogP contribution in [0.25, 0.3) is 6.08 Å². The highest BCUT2D eigenvalue weighted by atomic mass is 16.6. The van der Waals surface area contributed by atoms with Crippen molar-refractivity contribution in [3.05, 3.63) is 81.4 Å². The van der Waals surface area contributed by atoms with Crippen molar-refractivity contribution in [1.82, 2.24) is 5.32 Å². The first-order valence-electron chi connectivity index (χ1n) is 8.45. The molecule has 0 radical (unpaired) electrons. The van der Waals surface area contributed by atoms with Crippen LogP contribution < -0.4 is 5.32 Å². The molecule has 6 nitrogen and oxygen atoms in total. The Morgan fingerprint density at radius 2 is 1.88 bits per heavy atom. The Labute approximate surface area is 151 Å². The van der Waals surface area contributed by atoms with Crippen LogP contribution in [0.5, 0.6) is 0 Å². The normalized spacial score (nSPS) is 19.1. The molecule has 26 heavy (non-hydrogen) atoms. The molecule has 0 aromatic heterocycles. The van der Waals surface area contributed by atoms with Crippen LogP contribution in [0.2, 0.25) is 0 Å². The van der Waals surface area contributed by atoms with Gasteiger partial charge in [-0.05, 0) is 47.7 Å². The van der Waals surface area contributed by atoms with E-state index in [0.717, 1.165) is 12.0 Å². The van der Waals surface area contributed by atoms with Crippen LogP contribution in [0.3, 0.4) is 0 Å². The second-order valence-corrected chi connectivity index (χ2v) is 6.57. The van der Waals surface area contributed by atoms with E-state index in [4.69, 9.17) is 0 Å². The first-order valence-corrected chi connectivity index (χ1v) is 8.45. The van der Waals surface area contributed by atoms with E-state index in [1.165, 1.54) is 23.8 Å². The number of carbonyl (C=O) groups excluding carboxylic acids is 1. The Morgan fingerprint density at radius 3 is 2.58 bits per heavy atom. The molecule has 6 heteroatoms. The van der Waals surface area contributed by atoms with Gasteiger partial charge in [-0.15, -0.1) is 0 Å². The highest BCUT2D eigenvalue weighted by Gasteiger charge is 2.32. The standard InChI is InChI=1S/C20H20N2O4/c23-19(10-7-15-5-8-18(9-6-15)22(25)26)21-14-20(24)12-11-16-3-1-2-4-17(16)13-20/h1-10,24H,11-14H2,(H,21,23). The van der Waals surface area contributed by atoms with Crippen LogP contribution in [0, 0.1) is 10.1 Å². The molecule has 0 aliphatic heterocycles. The third-order valence-corrected chi connectivity index (χ3v) is 4.62. The molecule has 134 valence electrons. The first-order chi connectivity index (χ1) is 12.5. The number of hydrogen-bond donors (Lipinski definition) is 2. The largest absolute Gasteiger partial charge is 0.388 e. The smallest absolute Gasteiger partial charge is 0.269 e. The van der Waals surface area contributed by atoms with Gasteiger partial charge in [0.15, 0.2) is 0 Å². The maximum atomic E-state index is 12.0. The molecule has 2 aromatic carbocycles. The number of non-ortho nitro benzene ring substituents is 1. The van der Waals surface area contributed by atoms with Crippen LogP contribution in [0.15, 0.2) is 54.6 Å². The minimum Gasteiger partial charge on any atom is -0.388 e. The van der Waals surface area contributed by atoms with Gasteiger partial charge in [-0.3, -0.25) is 14.9 Å². The molecular formula is C20H20N2O4. The zero-order valence-corrected chi connectivity index (χ0v) is 14.2. The molecule has 0 saturated heterocycles. The molecule has 3 rings (SSSR count). The fourth-order valence-corrected chi connectivity index (χ4v) is 3.12. The quantitative estimate of drug-likeness (QED) is 0.491. The average Bonchev–Trinajstić information content (AvgIpc) is 2.65. The van der Waals surface area contributed by atoms with Crippen LogP contribution in [0.1, 0.15) is 23.1 Å². The van der Waals surface area contributed by atoms with E-state index in [1.54, 1.807) is 18.2 Å². The van der Waals surface area contributed by atoms with Crippen LogP contribution >= 0.6 is 0 Å². The number of rotatable bonds is 5. The van der Waals surface area contributed by atoms with E-state index in [9.17, 15) is 20.0 Å². The molecule has 0 fully saturated rings. The molecule has 0 heterocycles. The Kier molecular flexibility index (Phi) is 5.14. The van der Waals surface area contributed by atoms with Crippen molar-refractivity contribution >= 4 is 17.7 Å². The van der Waals surface area contributed by atoms with E-state index in [2.05, 4.69) is 11.4 Å². The number of aryl methyl sites for hydroxylation is 1. The van der Waals surface area contributed by atoms with Gasteiger partial charge in [-0.25, -0.2) is 0 Å². The molecule has 0 saturated carbocycles. The van der Waals surface area contributed by atoms with Gasteiger partial charge in [0.05, 0.1) is 10.5 Å². The van der Waals surface area contributed by atoms with Crippen molar-refractivity contribution in [3.63, 3.8) is 0 Å². The Bertz CT molecular complexity index is 845. The molecule has 0 spiro atoms. The van der Waals surface area contributed by atoms with Gasteiger partial charge in [0.1, 0.15) is 0 Å². The van der Waals surface area contributed by atoms with Gasteiger partial charge in [-0.1, -0.05) is 24.3 Å². The topological polar surface area (TPSA) is 92.5 Å². The number of hydrogen-bond acceptors (Lipinski definition) is 4. The number of nitro benzene ring substituents is 1. The molecule has 1 aliphatic carbocycles. The predicted molar refractivity (Wildman–Crippen MR) is 98.6 cm³/mol. The minimum absolute atomic E-state index is 0.00593. The van der Waals surface area contributed by atoms with Crippen LogP contribution in [0.4, 0.5) is 5.69 Å². The summed E-state index contributed by atoms with van der Waals surface area (Å²) in [5.41, 5.74) is 2.13. The van der Waals surface area contributed by atoms with E-state index in [0.29, 0.717) is 18.4 Å². The third kappa shape index (κ3) is 4.34. The molecule has 1 aliphatic rings. The monoisotopic (exact) mass is 352 g/mol. The zero-order chi connectivity index (χ0) is 18.6. The second kappa shape index (κ2) is 7.49. The maximum absolute atomic E-state index is 12.0. The van der Waals surface area contributed by atoms with E-state index in [-0.39, 0.29) is 18.1 Å². The van der Waals surface area contributed by atoms with Gasteiger partial charge < -0.3 is 10.4 Å². The second-order valence-electron chi connectivity index (χ2n) is 6.57. The first kappa shape index (κ1) is 17.8. The lowest BCUT2D eigenvalue weighted by Crippen LogP contribution is -2.46. The highest BCUT2D eigenvalue weighted by molar-refractivity contribution is 5.91. The summed E-state index contributed by atoms with van der Waals surface area (Å²) in [5, 5.41) is 24.1. The van der Waals surface area contributed by atoms with Crippen molar-refractivity contribution < 1.29 is 14.8 Å². The van der Waals surface area contributed by atoms with Crippen molar-refractivity contribution in [2.75, 3.05) is 6.54 Å². The third-order valence-electron chi connectivity index (χ3n) is 4.62. The van der Waals surface area contributed by atoms with Gasteiger partial charge in [-0.2, -0.15) is 0 Å². The zero-order valence-electron chi connectivity index (χ0n) is 14.2. The maximum Gasteiger partial charge on any atom is 0.269 e.